The average molecular weight is 397 g/mol. The molecule has 0 spiro atoms. The van der Waals surface area contributed by atoms with E-state index in [1.54, 1.807) is 38.1 Å². The summed E-state index contributed by atoms with van der Waals surface area (Å²) in [4.78, 5) is 12.4. The van der Waals surface area contributed by atoms with Crippen LogP contribution in [0.3, 0.4) is 0 Å². The fourth-order valence-electron chi connectivity index (χ4n) is 2.38. The Labute approximate surface area is 158 Å². The molecule has 0 fully saturated rings. The third-order valence-electron chi connectivity index (χ3n) is 3.85. The molecular weight excluding hydrogens is 376 g/mol. The minimum atomic E-state index is -3.85. The number of halogens is 1. The summed E-state index contributed by atoms with van der Waals surface area (Å²) in [6.07, 6.45) is 0. The molecule has 1 amide bonds. The molecule has 1 atom stereocenters. The van der Waals surface area contributed by atoms with Crippen molar-refractivity contribution in [2.24, 2.45) is 0 Å². The highest BCUT2D eigenvalue weighted by atomic mass is 35.5. The average Bonchev–Trinajstić information content (AvgIpc) is 2.56. The van der Waals surface area contributed by atoms with E-state index < -0.39 is 22.0 Å². The van der Waals surface area contributed by atoms with Crippen molar-refractivity contribution in [3.8, 4) is 5.75 Å². The van der Waals surface area contributed by atoms with Gasteiger partial charge in [0.1, 0.15) is 5.75 Å². The van der Waals surface area contributed by atoms with Gasteiger partial charge in [-0.2, -0.15) is 4.72 Å². The Bertz CT molecular complexity index is 929. The van der Waals surface area contributed by atoms with E-state index in [1.807, 2.05) is 0 Å². The molecule has 2 rings (SSSR count). The van der Waals surface area contributed by atoms with Gasteiger partial charge in [0.05, 0.1) is 18.0 Å². The molecule has 0 heterocycles. The minimum Gasteiger partial charge on any atom is -0.496 e. The number of sulfonamides is 1. The summed E-state index contributed by atoms with van der Waals surface area (Å²) in [6, 6.07) is 8.58. The molecule has 0 saturated heterocycles. The van der Waals surface area contributed by atoms with Crippen LogP contribution in [-0.2, 0) is 14.8 Å². The number of anilines is 1. The van der Waals surface area contributed by atoms with E-state index in [1.165, 1.54) is 26.2 Å². The van der Waals surface area contributed by atoms with Gasteiger partial charge in [0.25, 0.3) is 0 Å². The molecule has 0 radical (unpaired) electrons. The smallest absolute Gasteiger partial charge is 0.242 e. The second-order valence-electron chi connectivity index (χ2n) is 5.92. The Hall–Kier alpha value is -2.09. The number of amides is 1. The van der Waals surface area contributed by atoms with Gasteiger partial charge >= 0.3 is 0 Å². The highest BCUT2D eigenvalue weighted by molar-refractivity contribution is 7.89. The summed E-state index contributed by atoms with van der Waals surface area (Å²) in [5, 5.41) is 3.26. The summed E-state index contributed by atoms with van der Waals surface area (Å²) in [6.45, 7) is 5.03. The number of hydrogen-bond donors (Lipinski definition) is 2. The molecule has 0 aromatic heterocycles. The van der Waals surface area contributed by atoms with E-state index in [4.69, 9.17) is 16.3 Å². The molecule has 0 aliphatic rings. The van der Waals surface area contributed by atoms with Crippen LogP contribution in [0.4, 0.5) is 5.69 Å². The molecule has 2 aromatic rings. The van der Waals surface area contributed by atoms with Crippen molar-refractivity contribution in [1.29, 1.82) is 0 Å². The summed E-state index contributed by atoms with van der Waals surface area (Å²) < 4.78 is 32.5. The van der Waals surface area contributed by atoms with Crippen LogP contribution in [-0.4, -0.2) is 27.5 Å². The van der Waals surface area contributed by atoms with Crippen LogP contribution in [0.15, 0.2) is 41.3 Å². The largest absolute Gasteiger partial charge is 0.496 e. The fourth-order valence-corrected chi connectivity index (χ4v) is 3.90. The first-order valence-corrected chi connectivity index (χ1v) is 9.74. The number of nitrogens with one attached hydrogen (secondary N) is 2. The topological polar surface area (TPSA) is 84.5 Å². The number of hydrogen-bond acceptors (Lipinski definition) is 4. The standard InChI is InChI=1S/C18H21ClN2O4S/c1-11-9-14(19)5-7-16(11)20-18(22)13(3)21-26(23,24)15-6-8-17(25-4)12(2)10-15/h5-10,13,21H,1-4H3,(H,20,22)/t13-/m0/s1. The van der Waals surface area contributed by atoms with Crippen molar-refractivity contribution in [2.75, 3.05) is 12.4 Å². The maximum Gasteiger partial charge on any atom is 0.242 e. The van der Waals surface area contributed by atoms with Gasteiger partial charge in [-0.15, -0.1) is 0 Å². The molecule has 2 aromatic carbocycles. The van der Waals surface area contributed by atoms with Gasteiger partial charge in [-0.3, -0.25) is 4.79 Å². The number of methoxy groups -OCH3 is 1. The first-order valence-electron chi connectivity index (χ1n) is 7.88. The molecule has 0 bridgehead atoms. The predicted molar refractivity (Wildman–Crippen MR) is 102 cm³/mol. The van der Waals surface area contributed by atoms with Crippen LogP contribution >= 0.6 is 11.6 Å². The number of aryl methyl sites for hydroxylation is 2. The SMILES string of the molecule is COc1ccc(S(=O)(=O)N[C@@H](C)C(=O)Nc2ccc(Cl)cc2C)cc1C. The lowest BCUT2D eigenvalue weighted by atomic mass is 10.2. The molecule has 0 aliphatic heterocycles. The molecule has 8 heteroatoms. The summed E-state index contributed by atoms with van der Waals surface area (Å²) in [5.41, 5.74) is 2.04. The number of carbonyl (C=O) groups is 1. The van der Waals surface area contributed by atoms with Crippen molar-refractivity contribution in [3.63, 3.8) is 0 Å². The van der Waals surface area contributed by atoms with E-state index in [-0.39, 0.29) is 4.90 Å². The fraction of sp³-hybridized carbons (Fsp3) is 0.278. The van der Waals surface area contributed by atoms with E-state index >= 15 is 0 Å². The lowest BCUT2D eigenvalue weighted by molar-refractivity contribution is -0.117. The Kier molecular flexibility index (Phi) is 6.28. The van der Waals surface area contributed by atoms with Crippen molar-refractivity contribution in [1.82, 2.24) is 4.72 Å². The second-order valence-corrected chi connectivity index (χ2v) is 8.07. The van der Waals surface area contributed by atoms with Gasteiger partial charge in [-0.05, 0) is 68.3 Å². The highest BCUT2D eigenvalue weighted by Gasteiger charge is 2.23. The van der Waals surface area contributed by atoms with Crippen LogP contribution in [0.5, 0.6) is 5.75 Å². The quantitative estimate of drug-likeness (QED) is 0.784. The highest BCUT2D eigenvalue weighted by Crippen LogP contribution is 2.22. The van der Waals surface area contributed by atoms with E-state index in [2.05, 4.69) is 10.0 Å². The van der Waals surface area contributed by atoms with Crippen molar-refractivity contribution < 1.29 is 17.9 Å². The van der Waals surface area contributed by atoms with Crippen LogP contribution in [0.1, 0.15) is 18.1 Å². The zero-order valence-corrected chi connectivity index (χ0v) is 16.5. The zero-order chi connectivity index (χ0) is 19.5. The molecule has 2 N–H and O–H groups in total. The van der Waals surface area contributed by atoms with Gasteiger partial charge in [-0.1, -0.05) is 11.6 Å². The van der Waals surface area contributed by atoms with Gasteiger partial charge in [0.2, 0.25) is 15.9 Å². The molecule has 140 valence electrons. The van der Waals surface area contributed by atoms with Gasteiger partial charge in [0, 0.05) is 10.7 Å². The molecular formula is C18H21ClN2O4S. The molecule has 0 aliphatic carbocycles. The van der Waals surface area contributed by atoms with Crippen molar-refractivity contribution in [3.05, 3.63) is 52.5 Å². The predicted octanol–water partition coefficient (Wildman–Crippen LogP) is 3.27. The summed E-state index contributed by atoms with van der Waals surface area (Å²) in [7, 11) is -2.33. The van der Waals surface area contributed by atoms with Crippen LogP contribution in [0.2, 0.25) is 5.02 Å². The molecule has 0 saturated carbocycles. The third-order valence-corrected chi connectivity index (χ3v) is 5.62. The Morgan fingerprint density at radius 1 is 1.12 bits per heavy atom. The Morgan fingerprint density at radius 2 is 1.81 bits per heavy atom. The van der Waals surface area contributed by atoms with Gasteiger partial charge in [0.15, 0.2) is 0 Å². The monoisotopic (exact) mass is 396 g/mol. The van der Waals surface area contributed by atoms with Crippen molar-refractivity contribution >= 4 is 33.2 Å². The first-order chi connectivity index (χ1) is 12.1. The number of ether oxygens (including phenoxy) is 1. The third kappa shape index (κ3) is 4.75. The molecule has 0 unspecified atom stereocenters. The van der Waals surface area contributed by atoms with E-state index in [9.17, 15) is 13.2 Å². The van der Waals surface area contributed by atoms with Crippen molar-refractivity contribution in [2.45, 2.75) is 31.7 Å². The maximum absolute atomic E-state index is 12.5. The van der Waals surface area contributed by atoms with Gasteiger partial charge in [-0.25, -0.2) is 8.42 Å². The Morgan fingerprint density at radius 3 is 2.38 bits per heavy atom. The Balaban J connectivity index is 2.13. The number of carbonyl (C=O) groups excluding carboxylic acids is 1. The van der Waals surface area contributed by atoms with E-state index in [0.29, 0.717) is 22.0 Å². The maximum atomic E-state index is 12.5. The van der Waals surface area contributed by atoms with Crippen LogP contribution in [0.25, 0.3) is 0 Å². The first kappa shape index (κ1) is 20.2. The minimum absolute atomic E-state index is 0.0677. The van der Waals surface area contributed by atoms with E-state index in [0.717, 1.165) is 5.56 Å². The number of rotatable bonds is 6. The summed E-state index contributed by atoms with van der Waals surface area (Å²) >= 11 is 5.89. The lowest BCUT2D eigenvalue weighted by Gasteiger charge is -2.16. The second kappa shape index (κ2) is 8.07. The number of benzene rings is 2. The van der Waals surface area contributed by atoms with Crippen LogP contribution in [0, 0.1) is 13.8 Å². The molecule has 26 heavy (non-hydrogen) atoms. The normalized spacial score (nSPS) is 12.5. The lowest BCUT2D eigenvalue weighted by Crippen LogP contribution is -2.41. The summed E-state index contributed by atoms with van der Waals surface area (Å²) in [5.74, 6) is 0.122. The molecule has 6 nitrogen and oxygen atoms in total. The van der Waals surface area contributed by atoms with Crippen LogP contribution < -0.4 is 14.8 Å². The van der Waals surface area contributed by atoms with Gasteiger partial charge < -0.3 is 10.1 Å². The zero-order valence-electron chi connectivity index (χ0n) is 15.0.